The first kappa shape index (κ1) is 10.3. The number of hydrogen-bond donors (Lipinski definition) is 0. The molecule has 0 aliphatic heterocycles. The van der Waals surface area contributed by atoms with Gasteiger partial charge in [-0.2, -0.15) is 0 Å². The molecule has 1 aromatic carbocycles. The summed E-state index contributed by atoms with van der Waals surface area (Å²) in [4.78, 5) is 3.93. The minimum Gasteiger partial charge on any atom is -0.441 e. The lowest BCUT2D eigenvalue weighted by Gasteiger charge is -1.96. The molecule has 0 saturated heterocycles. The van der Waals surface area contributed by atoms with Gasteiger partial charge in [0.1, 0.15) is 12.7 Å². The van der Waals surface area contributed by atoms with E-state index in [1.807, 2.05) is 42.5 Å². The van der Waals surface area contributed by atoms with Crippen molar-refractivity contribution in [3.05, 3.63) is 66.0 Å². The Morgan fingerprint density at radius 3 is 2.50 bits per heavy atom. The molecule has 0 atom stereocenters. The number of nitrogens with zero attached hydrogens (tertiary/aromatic N) is 1. The van der Waals surface area contributed by atoms with Crippen LogP contribution in [0.5, 0.6) is 0 Å². The van der Waals surface area contributed by atoms with Crippen molar-refractivity contribution >= 4 is 0 Å². The summed E-state index contributed by atoms with van der Waals surface area (Å²) in [5.41, 5.74) is 2.02. The van der Waals surface area contributed by atoms with E-state index in [0.717, 1.165) is 11.1 Å². The summed E-state index contributed by atoms with van der Waals surface area (Å²) in [6, 6.07) is 13.6. The summed E-state index contributed by atoms with van der Waals surface area (Å²) in [7, 11) is 0. The summed E-state index contributed by atoms with van der Waals surface area (Å²) >= 11 is 0. The van der Waals surface area contributed by atoms with Crippen LogP contribution >= 0.6 is 0 Å². The van der Waals surface area contributed by atoms with Crippen LogP contribution in [0.25, 0.3) is 0 Å². The van der Waals surface area contributed by atoms with Crippen LogP contribution in [0, 0.1) is 12.0 Å². The molecule has 2 nitrogen and oxygen atoms in total. The van der Waals surface area contributed by atoms with Gasteiger partial charge in [0.05, 0.1) is 0 Å². The molecule has 0 aliphatic carbocycles. The quantitative estimate of drug-likeness (QED) is 0.709. The van der Waals surface area contributed by atoms with Crippen LogP contribution in [-0.2, 0) is 11.3 Å². The highest BCUT2D eigenvalue weighted by atomic mass is 16.5. The predicted molar refractivity (Wildman–Crippen MR) is 62.3 cm³/mol. The van der Waals surface area contributed by atoms with Gasteiger partial charge in [-0.1, -0.05) is 18.2 Å². The van der Waals surface area contributed by atoms with E-state index in [0.29, 0.717) is 6.61 Å². The summed E-state index contributed by atoms with van der Waals surface area (Å²) in [5, 5.41) is 0. The maximum atomic E-state index is 5.23. The molecule has 16 heavy (non-hydrogen) atoms. The fourth-order valence-corrected chi connectivity index (χ4v) is 1.21. The third kappa shape index (κ3) is 3.14. The lowest BCUT2D eigenvalue weighted by molar-refractivity contribution is 0.265. The highest BCUT2D eigenvalue weighted by Crippen LogP contribution is 1.98. The van der Waals surface area contributed by atoms with E-state index in [9.17, 15) is 0 Å². The van der Waals surface area contributed by atoms with Crippen molar-refractivity contribution in [2.75, 3.05) is 0 Å². The fraction of sp³-hybridized carbons (Fsp3) is 0.0714. The number of ether oxygens (including phenoxy) is 1. The molecular weight excluding hydrogens is 198 g/mol. The Bertz CT molecular complexity index is 482. The lowest BCUT2D eigenvalue weighted by Crippen LogP contribution is -1.86. The van der Waals surface area contributed by atoms with E-state index in [2.05, 4.69) is 17.0 Å². The van der Waals surface area contributed by atoms with Crippen molar-refractivity contribution in [3.63, 3.8) is 0 Å². The summed E-state index contributed by atoms with van der Waals surface area (Å²) in [5.74, 6) is 2.93. The fourth-order valence-electron chi connectivity index (χ4n) is 1.21. The van der Waals surface area contributed by atoms with Crippen LogP contribution in [0.3, 0.4) is 0 Å². The van der Waals surface area contributed by atoms with Gasteiger partial charge in [0, 0.05) is 18.0 Å². The molecule has 0 N–H and O–H groups in total. The highest BCUT2D eigenvalue weighted by molar-refractivity contribution is 5.32. The van der Waals surface area contributed by atoms with E-state index in [1.165, 1.54) is 0 Å². The van der Waals surface area contributed by atoms with Crippen molar-refractivity contribution < 1.29 is 4.74 Å². The SMILES string of the molecule is C(#Cc1ccccc1)OCc1ccncc1. The second-order valence-electron chi connectivity index (χ2n) is 3.24. The zero-order valence-corrected chi connectivity index (χ0v) is 8.76. The van der Waals surface area contributed by atoms with Crippen LogP contribution in [0.1, 0.15) is 11.1 Å². The predicted octanol–water partition coefficient (Wildman–Crippen LogP) is 2.61. The van der Waals surface area contributed by atoms with Crippen LogP contribution in [-0.4, -0.2) is 4.98 Å². The van der Waals surface area contributed by atoms with Crippen LogP contribution in [0.4, 0.5) is 0 Å². The van der Waals surface area contributed by atoms with Gasteiger partial charge in [-0.25, -0.2) is 0 Å². The van der Waals surface area contributed by atoms with Crippen LogP contribution < -0.4 is 0 Å². The topological polar surface area (TPSA) is 22.1 Å². The zero-order valence-electron chi connectivity index (χ0n) is 8.76. The Labute approximate surface area is 94.9 Å². The van der Waals surface area contributed by atoms with Gasteiger partial charge >= 0.3 is 0 Å². The molecule has 0 unspecified atom stereocenters. The van der Waals surface area contributed by atoms with E-state index < -0.39 is 0 Å². The molecule has 0 aliphatic rings. The molecule has 0 radical (unpaired) electrons. The van der Waals surface area contributed by atoms with E-state index in [4.69, 9.17) is 4.74 Å². The van der Waals surface area contributed by atoms with E-state index >= 15 is 0 Å². The lowest BCUT2D eigenvalue weighted by atomic mass is 10.2. The van der Waals surface area contributed by atoms with Crippen molar-refractivity contribution in [2.24, 2.45) is 0 Å². The van der Waals surface area contributed by atoms with Crippen molar-refractivity contribution in [1.82, 2.24) is 4.98 Å². The average molecular weight is 209 g/mol. The smallest absolute Gasteiger partial charge is 0.125 e. The van der Waals surface area contributed by atoms with Crippen molar-refractivity contribution in [1.29, 1.82) is 0 Å². The van der Waals surface area contributed by atoms with E-state index in [-0.39, 0.29) is 0 Å². The van der Waals surface area contributed by atoms with E-state index in [1.54, 1.807) is 12.4 Å². The highest BCUT2D eigenvalue weighted by Gasteiger charge is 1.88. The number of aromatic nitrogens is 1. The number of rotatable bonds is 2. The van der Waals surface area contributed by atoms with Gasteiger partial charge < -0.3 is 4.74 Å². The van der Waals surface area contributed by atoms with Crippen molar-refractivity contribution in [3.8, 4) is 12.0 Å². The normalized spacial score (nSPS) is 9.00. The standard InChI is InChI=1S/C14H11NO/c1-2-4-13(5-3-1)8-11-16-12-14-6-9-15-10-7-14/h1-7,9-10H,12H2. The largest absolute Gasteiger partial charge is 0.441 e. The Hall–Kier alpha value is -2.27. The molecule has 2 heteroatoms. The Kier molecular flexibility index (Phi) is 3.57. The Morgan fingerprint density at radius 1 is 1.00 bits per heavy atom. The molecule has 0 fully saturated rings. The van der Waals surface area contributed by atoms with Crippen LogP contribution in [0.2, 0.25) is 0 Å². The molecule has 0 bridgehead atoms. The number of hydrogen-bond acceptors (Lipinski definition) is 2. The summed E-state index contributed by atoms with van der Waals surface area (Å²) < 4.78 is 5.23. The molecule has 0 spiro atoms. The van der Waals surface area contributed by atoms with Gasteiger partial charge in [0.25, 0.3) is 0 Å². The first-order valence-electron chi connectivity index (χ1n) is 5.02. The molecule has 0 amide bonds. The maximum Gasteiger partial charge on any atom is 0.125 e. The number of pyridine rings is 1. The molecule has 78 valence electrons. The minimum absolute atomic E-state index is 0.488. The monoisotopic (exact) mass is 209 g/mol. The molecule has 1 heterocycles. The summed E-state index contributed by atoms with van der Waals surface area (Å²) in [6.07, 6.45) is 6.16. The summed E-state index contributed by atoms with van der Waals surface area (Å²) in [6.45, 7) is 0.488. The molecular formula is C14H11NO. The van der Waals surface area contributed by atoms with Gasteiger partial charge in [-0.05, 0) is 35.7 Å². The van der Waals surface area contributed by atoms with Gasteiger partial charge in [-0.15, -0.1) is 0 Å². The molecule has 2 aromatic rings. The Balaban J connectivity index is 1.87. The zero-order chi connectivity index (χ0) is 11.1. The van der Waals surface area contributed by atoms with Crippen molar-refractivity contribution in [2.45, 2.75) is 6.61 Å². The minimum atomic E-state index is 0.488. The first-order valence-corrected chi connectivity index (χ1v) is 5.02. The Morgan fingerprint density at radius 2 is 1.75 bits per heavy atom. The number of benzene rings is 1. The molecule has 0 saturated carbocycles. The second kappa shape index (κ2) is 5.57. The third-order valence-electron chi connectivity index (χ3n) is 2.03. The van der Waals surface area contributed by atoms with Crippen LogP contribution in [0.15, 0.2) is 54.9 Å². The third-order valence-corrected chi connectivity index (χ3v) is 2.03. The van der Waals surface area contributed by atoms with Gasteiger partial charge in [-0.3, -0.25) is 4.98 Å². The molecule has 1 aromatic heterocycles. The molecule has 2 rings (SSSR count). The van der Waals surface area contributed by atoms with Gasteiger partial charge in [0.15, 0.2) is 0 Å². The van der Waals surface area contributed by atoms with Gasteiger partial charge in [0.2, 0.25) is 0 Å². The maximum absolute atomic E-state index is 5.23. The second-order valence-corrected chi connectivity index (χ2v) is 3.24. The first-order chi connectivity index (χ1) is 7.95. The average Bonchev–Trinajstić information content (AvgIpc) is 2.37.